The molecule has 2 fully saturated rings. The van der Waals surface area contributed by atoms with E-state index in [2.05, 4.69) is 24.8 Å². The Morgan fingerprint density at radius 3 is 3.00 bits per heavy atom. The third-order valence-electron chi connectivity index (χ3n) is 4.32. The molecule has 146 valence electrons. The molecule has 0 saturated carbocycles. The summed E-state index contributed by atoms with van der Waals surface area (Å²) in [6.45, 7) is 1.63. The van der Waals surface area contributed by atoms with Crippen molar-refractivity contribution in [2.24, 2.45) is 0 Å². The number of phosphoric acid groups is 1. The second kappa shape index (κ2) is 8.42. The maximum absolute atomic E-state index is 11.8. The van der Waals surface area contributed by atoms with Crippen LogP contribution in [0.4, 0.5) is 5.82 Å². The minimum absolute atomic E-state index is 0. The fraction of sp³-hybridized carbons (Fsp3) is 0.571. The van der Waals surface area contributed by atoms with Crippen LogP contribution < -0.4 is 39.8 Å². The van der Waals surface area contributed by atoms with E-state index < -0.39 is 32.4 Å². The molecule has 2 N–H and O–H groups in total. The molecule has 0 aromatic carbocycles. The number of aromatic nitrogens is 4. The third kappa shape index (κ3) is 4.02. The molecule has 2 aromatic heterocycles. The summed E-state index contributed by atoms with van der Waals surface area (Å²) in [5.74, 6) is 0.0395. The van der Waals surface area contributed by atoms with Gasteiger partial charge in [0.2, 0.25) is 5.91 Å². The van der Waals surface area contributed by atoms with Crippen molar-refractivity contribution in [1.82, 2.24) is 19.5 Å². The Morgan fingerprint density at radius 1 is 1.46 bits per heavy atom. The Balaban J connectivity index is 0.00000225. The number of phosphoric ester groups is 1. The van der Waals surface area contributed by atoms with E-state index in [0.29, 0.717) is 24.0 Å². The molecule has 2 saturated heterocycles. The van der Waals surface area contributed by atoms with Crippen LogP contribution in [0.5, 0.6) is 0 Å². The van der Waals surface area contributed by atoms with Gasteiger partial charge in [-0.25, -0.2) is 15.0 Å². The number of nitrogens with zero attached hydrogens (tertiary/aromatic N) is 4. The van der Waals surface area contributed by atoms with Gasteiger partial charge in [-0.3, -0.25) is 13.9 Å². The van der Waals surface area contributed by atoms with Gasteiger partial charge in [0.25, 0.3) is 7.82 Å². The summed E-state index contributed by atoms with van der Waals surface area (Å²) >= 11 is 0. The Kier molecular flexibility index (Phi) is 6.54. The zero-order chi connectivity index (χ0) is 19.2. The summed E-state index contributed by atoms with van der Waals surface area (Å²) < 4.78 is 28.1. The van der Waals surface area contributed by atoms with Crippen molar-refractivity contribution in [3.05, 3.63) is 12.7 Å². The van der Waals surface area contributed by atoms with Crippen LogP contribution in [0.2, 0.25) is 0 Å². The molecule has 1 amide bonds. The van der Waals surface area contributed by atoms with Gasteiger partial charge in [-0.2, -0.15) is 0 Å². The number of fused-ring (bicyclic) bond motifs is 2. The van der Waals surface area contributed by atoms with Crippen molar-refractivity contribution in [2.45, 2.75) is 44.3 Å². The Morgan fingerprint density at radius 2 is 2.25 bits per heavy atom. The van der Waals surface area contributed by atoms with E-state index in [1.807, 2.05) is 6.92 Å². The van der Waals surface area contributed by atoms with Crippen LogP contribution in [0.1, 0.15) is 26.0 Å². The van der Waals surface area contributed by atoms with E-state index in [1.54, 1.807) is 0 Å². The number of imidazole rings is 1. The first kappa shape index (κ1) is 21.8. The summed E-state index contributed by atoms with van der Waals surface area (Å²) in [6.07, 6.45) is -0.469. The summed E-state index contributed by atoms with van der Waals surface area (Å²) in [4.78, 5) is 35.7. The van der Waals surface area contributed by atoms with Crippen molar-refractivity contribution in [3.63, 3.8) is 0 Å². The van der Waals surface area contributed by atoms with Crippen molar-refractivity contribution in [2.75, 3.05) is 11.9 Å². The molecule has 4 rings (SSSR count). The zero-order valence-electron chi connectivity index (χ0n) is 15.2. The first-order chi connectivity index (χ1) is 12.9. The van der Waals surface area contributed by atoms with E-state index in [1.165, 1.54) is 17.2 Å². The molecule has 5 atom stereocenters. The fourth-order valence-corrected chi connectivity index (χ4v) is 4.06. The number of carbonyl (C=O) groups excluding carboxylic acids is 1. The van der Waals surface area contributed by atoms with E-state index in [4.69, 9.17) is 9.26 Å². The average molecular weight is 421 g/mol. The molecule has 0 aliphatic carbocycles. The van der Waals surface area contributed by atoms with Gasteiger partial charge in [0.15, 0.2) is 23.2 Å². The molecule has 5 unspecified atom stereocenters. The number of anilines is 1. The number of aliphatic hydroxyl groups is 1. The number of nitrogens with one attached hydrogen (secondary N) is 1. The van der Waals surface area contributed by atoms with Crippen molar-refractivity contribution >= 4 is 30.7 Å². The van der Waals surface area contributed by atoms with Gasteiger partial charge in [-0.1, -0.05) is 6.92 Å². The van der Waals surface area contributed by atoms with E-state index >= 15 is 0 Å². The van der Waals surface area contributed by atoms with Gasteiger partial charge in [-0.05, 0) is 6.42 Å². The number of hydrogen-bond acceptors (Lipinski definition) is 10. The van der Waals surface area contributed by atoms with Crippen LogP contribution in [0, 0.1) is 0 Å². The normalized spacial score (nSPS) is 32.0. The molecule has 12 nitrogen and oxygen atoms in total. The summed E-state index contributed by atoms with van der Waals surface area (Å²) in [5.41, 5.74) is 0.630. The Bertz CT molecular complexity index is 927. The first-order valence-corrected chi connectivity index (χ1v) is 9.80. The molecule has 2 aromatic rings. The van der Waals surface area contributed by atoms with Crippen LogP contribution in [-0.2, 0) is 23.1 Å². The molecular weight excluding hydrogens is 404 g/mol. The topological polar surface area (TPSA) is 161 Å². The smallest absolute Gasteiger partial charge is 0.756 e. The van der Waals surface area contributed by atoms with Gasteiger partial charge >= 0.3 is 29.6 Å². The van der Waals surface area contributed by atoms with Crippen LogP contribution >= 0.6 is 7.82 Å². The predicted octanol–water partition coefficient (Wildman–Crippen LogP) is -3.29. The molecule has 2 aliphatic heterocycles. The average Bonchev–Trinajstić information content (AvgIpc) is 3.17. The molecule has 4 heterocycles. The van der Waals surface area contributed by atoms with Crippen molar-refractivity contribution in [1.29, 1.82) is 0 Å². The van der Waals surface area contributed by atoms with Gasteiger partial charge in [0.05, 0.1) is 12.9 Å². The Hall–Kier alpha value is -0.950. The van der Waals surface area contributed by atoms with Crippen LogP contribution in [0.15, 0.2) is 12.7 Å². The molecule has 28 heavy (non-hydrogen) atoms. The molecular formula is C14H17N5NaO7P. The second-order valence-corrected chi connectivity index (χ2v) is 7.58. The molecule has 0 radical (unpaired) electrons. The van der Waals surface area contributed by atoms with Crippen LogP contribution in [0.3, 0.4) is 0 Å². The largest absolute Gasteiger partial charge is 1.00 e. The number of carbonyl (C=O) groups is 1. The minimum Gasteiger partial charge on any atom is -0.756 e. The quantitative estimate of drug-likeness (QED) is 0.378. The van der Waals surface area contributed by atoms with E-state index in [-0.39, 0.29) is 47.9 Å². The Labute approximate surface area is 181 Å². The summed E-state index contributed by atoms with van der Waals surface area (Å²) in [6, 6.07) is 0. The van der Waals surface area contributed by atoms with Gasteiger partial charge < -0.3 is 29.1 Å². The van der Waals surface area contributed by atoms with Crippen LogP contribution in [0.25, 0.3) is 11.2 Å². The molecule has 14 heteroatoms. The van der Waals surface area contributed by atoms with Gasteiger partial charge in [-0.15, -0.1) is 0 Å². The van der Waals surface area contributed by atoms with Crippen LogP contribution in [-0.4, -0.2) is 55.5 Å². The summed E-state index contributed by atoms with van der Waals surface area (Å²) in [7, 11) is -4.46. The van der Waals surface area contributed by atoms with Crippen molar-refractivity contribution < 1.29 is 62.7 Å². The number of hydrogen-bond donors (Lipinski definition) is 2. The van der Waals surface area contributed by atoms with E-state index in [0.717, 1.165) is 0 Å². The predicted molar refractivity (Wildman–Crippen MR) is 87.2 cm³/mol. The SMILES string of the molecule is CCCC(=O)Nc1ncnc2c1ncn2C1OC2COP(=O)([O-])OC2C1O.[Na+]. The minimum atomic E-state index is -4.46. The number of amides is 1. The number of rotatable bonds is 4. The van der Waals surface area contributed by atoms with Gasteiger partial charge in [0, 0.05) is 6.42 Å². The standard InChI is InChI=1S/C14H18N5O7P.Na/c1-2-3-8(20)18-12-9-13(16-5-15-12)19(6-17-9)14-10(21)11-7(25-14)4-24-27(22,23)26-11;/h5-7,10-11,14,21H,2-4H2,1H3,(H,22,23)(H,15,16,18,20);/q;+1/p-1. The monoisotopic (exact) mass is 421 g/mol. The molecule has 0 bridgehead atoms. The third-order valence-corrected chi connectivity index (χ3v) is 5.29. The first-order valence-electron chi connectivity index (χ1n) is 8.34. The second-order valence-electron chi connectivity index (χ2n) is 6.21. The number of ether oxygens (including phenoxy) is 1. The zero-order valence-corrected chi connectivity index (χ0v) is 18.1. The maximum atomic E-state index is 11.8. The number of aliphatic hydroxyl groups excluding tert-OH is 1. The van der Waals surface area contributed by atoms with Gasteiger partial charge in [0.1, 0.15) is 24.6 Å². The fourth-order valence-electron chi connectivity index (χ4n) is 3.11. The van der Waals surface area contributed by atoms with Crippen molar-refractivity contribution in [3.8, 4) is 0 Å². The molecule has 2 aliphatic rings. The summed E-state index contributed by atoms with van der Waals surface area (Å²) in [5, 5.41) is 13.2. The van der Waals surface area contributed by atoms with E-state index in [9.17, 15) is 19.4 Å². The maximum Gasteiger partial charge on any atom is 1.00 e. The molecule has 0 spiro atoms.